The normalized spacial score (nSPS) is 11.9. The molecule has 1 aromatic rings. The summed E-state index contributed by atoms with van der Waals surface area (Å²) in [6, 6.07) is 3.11. The monoisotopic (exact) mass is 309 g/mol. The molecule has 0 amide bonds. The van der Waals surface area contributed by atoms with Gasteiger partial charge in [-0.1, -0.05) is 59.1 Å². The van der Waals surface area contributed by atoms with Crippen LogP contribution in [0.1, 0.15) is 47.2 Å². The van der Waals surface area contributed by atoms with Crippen molar-refractivity contribution in [3.63, 3.8) is 0 Å². The fourth-order valence-electron chi connectivity index (χ4n) is 3.12. The quantitative estimate of drug-likeness (QED) is 0.483. The van der Waals surface area contributed by atoms with Gasteiger partial charge in [0, 0.05) is 0 Å². The third kappa shape index (κ3) is 3.37. The van der Waals surface area contributed by atoms with E-state index in [9.17, 15) is 5.11 Å². The molecule has 2 nitrogen and oxygen atoms in total. The third-order valence-electron chi connectivity index (χ3n) is 4.10. The summed E-state index contributed by atoms with van der Waals surface area (Å²) in [5.41, 5.74) is 5.57. The second-order valence-corrected chi connectivity index (χ2v) is 12.1. The summed E-state index contributed by atoms with van der Waals surface area (Å²) in [5, 5.41) is 10.2. The first-order chi connectivity index (χ1) is 9.21. The highest BCUT2D eigenvalue weighted by Gasteiger charge is 2.41. The average Bonchev–Trinajstić information content (AvgIpc) is 2.32. The number of hydrogen-bond acceptors (Lipinski definition) is 2. The molecule has 0 aliphatic rings. The Morgan fingerprint density at radius 2 is 1.55 bits per heavy atom. The second-order valence-electron chi connectivity index (χ2n) is 6.15. The van der Waals surface area contributed by atoms with Crippen LogP contribution in [0, 0.1) is 11.5 Å². The summed E-state index contributed by atoms with van der Waals surface area (Å²) in [6.07, 6.45) is 0. The summed E-state index contributed by atoms with van der Waals surface area (Å²) >= 11 is 5.88. The first-order valence-electron chi connectivity index (χ1n) is 7.10. The molecule has 1 rings (SSSR count). The number of halogens is 1. The molecule has 0 aromatic carbocycles. The summed E-state index contributed by atoms with van der Waals surface area (Å²) < 4.78 is 0. The Balaban J connectivity index is 3.34. The summed E-state index contributed by atoms with van der Waals surface area (Å²) in [7, 11) is -1.81. The lowest BCUT2D eigenvalue weighted by atomic mass is 10.3. The van der Waals surface area contributed by atoms with Gasteiger partial charge in [0.05, 0.1) is 0 Å². The Kier molecular flexibility index (Phi) is 5.67. The lowest BCUT2D eigenvalue weighted by Gasteiger charge is -2.38. The van der Waals surface area contributed by atoms with Crippen molar-refractivity contribution in [2.45, 2.75) is 58.2 Å². The van der Waals surface area contributed by atoms with Crippen LogP contribution in [-0.2, 0) is 0 Å². The van der Waals surface area contributed by atoms with Gasteiger partial charge < -0.3 is 5.11 Å². The lowest BCUT2D eigenvalue weighted by Crippen LogP contribution is -2.43. The number of aromatic nitrogens is 1. The Morgan fingerprint density at radius 3 is 2.00 bits per heavy atom. The number of aromatic hydroxyl groups is 1. The Hall–Kier alpha value is -0.983. The van der Waals surface area contributed by atoms with Crippen molar-refractivity contribution in [2.24, 2.45) is 0 Å². The average molecular weight is 310 g/mol. The summed E-state index contributed by atoms with van der Waals surface area (Å²) in [6.45, 7) is 13.5. The van der Waals surface area contributed by atoms with Crippen molar-refractivity contribution in [2.75, 3.05) is 0 Å². The zero-order valence-corrected chi connectivity index (χ0v) is 14.9. The van der Waals surface area contributed by atoms with Gasteiger partial charge in [0.25, 0.3) is 0 Å². The summed E-state index contributed by atoms with van der Waals surface area (Å²) in [5.74, 6) is 3.20. The van der Waals surface area contributed by atoms with E-state index >= 15 is 0 Å². The minimum absolute atomic E-state index is 0.0982. The zero-order chi connectivity index (χ0) is 15.5. The second kappa shape index (κ2) is 6.65. The van der Waals surface area contributed by atoms with Gasteiger partial charge in [-0.2, -0.15) is 0 Å². The maximum Gasteiger partial charge on any atom is 0.156 e. The largest absolute Gasteiger partial charge is 0.505 e. The molecule has 0 radical (unpaired) electrons. The molecule has 0 unspecified atom stereocenters. The van der Waals surface area contributed by atoms with Gasteiger partial charge in [0.2, 0.25) is 0 Å². The maximum absolute atomic E-state index is 9.84. The fraction of sp³-hybridized carbons (Fsp3) is 0.562. The minimum atomic E-state index is -1.81. The molecule has 1 heterocycles. The van der Waals surface area contributed by atoms with Crippen LogP contribution in [-0.4, -0.2) is 18.2 Å². The van der Waals surface area contributed by atoms with Crippen molar-refractivity contribution in [1.82, 2.24) is 4.98 Å². The van der Waals surface area contributed by atoms with E-state index in [1.165, 1.54) is 0 Å². The van der Waals surface area contributed by atoms with Crippen molar-refractivity contribution in [3.8, 4) is 17.2 Å². The highest BCUT2D eigenvalue weighted by Crippen LogP contribution is 2.40. The molecule has 110 valence electrons. The highest BCUT2D eigenvalue weighted by molar-refractivity contribution is 6.90. The van der Waals surface area contributed by atoms with Gasteiger partial charge in [-0.05, 0) is 28.8 Å². The molecule has 0 bridgehead atoms. The predicted octanol–water partition coefficient (Wildman–Crippen LogP) is 5.01. The van der Waals surface area contributed by atoms with Crippen LogP contribution in [0.5, 0.6) is 5.75 Å². The van der Waals surface area contributed by atoms with E-state index in [1.54, 1.807) is 12.1 Å². The van der Waals surface area contributed by atoms with E-state index in [-0.39, 0.29) is 5.75 Å². The molecule has 0 saturated heterocycles. The standard InChI is InChI=1S/C16H24ClNOSi/c1-11(2)20(12(3)4,13(5)6)10-9-14-15(19)7-8-16(17)18-14/h7-8,11-13,19H,1-6H3. The van der Waals surface area contributed by atoms with Crippen molar-refractivity contribution in [3.05, 3.63) is 23.0 Å². The maximum atomic E-state index is 9.84. The van der Waals surface area contributed by atoms with Crippen LogP contribution >= 0.6 is 11.6 Å². The highest BCUT2D eigenvalue weighted by atomic mass is 35.5. The molecule has 0 aliphatic heterocycles. The van der Waals surface area contributed by atoms with Gasteiger partial charge >= 0.3 is 0 Å². The molecule has 0 atom stereocenters. The Bertz CT molecular complexity index is 507. The van der Waals surface area contributed by atoms with Crippen LogP contribution in [0.4, 0.5) is 0 Å². The number of nitrogens with zero attached hydrogens (tertiary/aromatic N) is 1. The molecule has 20 heavy (non-hydrogen) atoms. The van der Waals surface area contributed by atoms with Gasteiger partial charge in [-0.15, -0.1) is 5.54 Å². The molecule has 4 heteroatoms. The van der Waals surface area contributed by atoms with E-state index in [2.05, 4.69) is 58.0 Å². The number of rotatable bonds is 3. The molecule has 1 aromatic heterocycles. The first-order valence-corrected chi connectivity index (χ1v) is 9.71. The minimum Gasteiger partial charge on any atom is -0.505 e. The smallest absolute Gasteiger partial charge is 0.156 e. The van der Waals surface area contributed by atoms with Crippen molar-refractivity contribution >= 4 is 19.7 Å². The lowest BCUT2D eigenvalue weighted by molar-refractivity contribution is 0.471. The van der Waals surface area contributed by atoms with E-state index in [4.69, 9.17) is 11.6 Å². The summed E-state index contributed by atoms with van der Waals surface area (Å²) in [4.78, 5) is 4.12. The number of pyridine rings is 1. The third-order valence-corrected chi connectivity index (χ3v) is 10.6. The Morgan fingerprint density at radius 1 is 1.05 bits per heavy atom. The van der Waals surface area contributed by atoms with Crippen LogP contribution in [0.25, 0.3) is 0 Å². The van der Waals surface area contributed by atoms with E-state index in [1.807, 2.05) is 0 Å². The van der Waals surface area contributed by atoms with Gasteiger partial charge in [-0.25, -0.2) is 4.98 Å². The van der Waals surface area contributed by atoms with Crippen LogP contribution in [0.2, 0.25) is 21.8 Å². The number of hydrogen-bond donors (Lipinski definition) is 1. The van der Waals surface area contributed by atoms with Crippen LogP contribution in [0.3, 0.4) is 0 Å². The molecule has 0 saturated carbocycles. The molecular weight excluding hydrogens is 286 g/mol. The van der Waals surface area contributed by atoms with E-state index < -0.39 is 8.07 Å². The van der Waals surface area contributed by atoms with E-state index in [0.29, 0.717) is 27.5 Å². The van der Waals surface area contributed by atoms with Crippen molar-refractivity contribution in [1.29, 1.82) is 0 Å². The Labute approximate surface area is 128 Å². The molecule has 0 fully saturated rings. The van der Waals surface area contributed by atoms with Gasteiger partial charge in [0.15, 0.2) is 5.69 Å². The van der Waals surface area contributed by atoms with Gasteiger partial charge in [-0.3, -0.25) is 0 Å². The SMILES string of the molecule is CC(C)[Si](C#Cc1nc(Cl)ccc1O)(C(C)C)C(C)C. The topological polar surface area (TPSA) is 33.1 Å². The fourth-order valence-corrected chi connectivity index (χ4v) is 8.47. The van der Waals surface area contributed by atoms with Crippen LogP contribution < -0.4 is 0 Å². The first kappa shape index (κ1) is 17.1. The van der Waals surface area contributed by atoms with Crippen LogP contribution in [0.15, 0.2) is 12.1 Å². The molecule has 1 N–H and O–H groups in total. The molecule has 0 aliphatic carbocycles. The van der Waals surface area contributed by atoms with Crippen molar-refractivity contribution < 1.29 is 5.11 Å². The zero-order valence-electron chi connectivity index (χ0n) is 13.2. The van der Waals surface area contributed by atoms with Gasteiger partial charge in [0.1, 0.15) is 19.0 Å². The predicted molar refractivity (Wildman–Crippen MR) is 88.8 cm³/mol. The molecular formula is C16H24ClNOSi. The molecule has 0 spiro atoms. The van der Waals surface area contributed by atoms with E-state index in [0.717, 1.165) is 0 Å².